The molecule has 6 heteroatoms. The first-order chi connectivity index (χ1) is 12.6. The summed E-state index contributed by atoms with van der Waals surface area (Å²) in [6.45, 7) is 4.50. The van der Waals surface area contributed by atoms with Gasteiger partial charge in [-0.3, -0.25) is 9.48 Å². The molecule has 2 atom stereocenters. The van der Waals surface area contributed by atoms with Gasteiger partial charge in [0.15, 0.2) is 0 Å². The van der Waals surface area contributed by atoms with Crippen molar-refractivity contribution in [3.8, 4) is 0 Å². The lowest BCUT2D eigenvalue weighted by molar-refractivity contribution is -0.132. The SMILES string of the molecule is C=CC(=O)N(Cc1cnn(Cc2ccc(F)cc2)c1)[C@@H]1CCCC[C@H]1O. The van der Waals surface area contributed by atoms with E-state index in [-0.39, 0.29) is 17.8 Å². The fourth-order valence-electron chi connectivity index (χ4n) is 3.48. The van der Waals surface area contributed by atoms with E-state index in [1.807, 2.05) is 6.20 Å². The predicted octanol–water partition coefficient (Wildman–Crippen LogP) is 2.89. The highest BCUT2D eigenvalue weighted by atomic mass is 19.1. The number of hydrogen-bond donors (Lipinski definition) is 1. The van der Waals surface area contributed by atoms with Crippen molar-refractivity contribution in [1.29, 1.82) is 0 Å². The van der Waals surface area contributed by atoms with Gasteiger partial charge in [-0.25, -0.2) is 4.39 Å². The van der Waals surface area contributed by atoms with Crippen molar-refractivity contribution in [3.05, 3.63) is 66.3 Å². The Morgan fingerprint density at radius 1 is 1.31 bits per heavy atom. The molecular formula is C20H24FN3O2. The van der Waals surface area contributed by atoms with Gasteiger partial charge in [0.2, 0.25) is 5.91 Å². The zero-order valence-corrected chi connectivity index (χ0v) is 14.7. The van der Waals surface area contributed by atoms with Gasteiger partial charge in [0.25, 0.3) is 0 Å². The van der Waals surface area contributed by atoms with Gasteiger partial charge in [-0.05, 0) is 36.6 Å². The standard InChI is InChI=1S/C20H24FN3O2/c1-2-20(26)24(18-5-3-4-6-19(18)25)14-16-11-22-23(13-16)12-15-7-9-17(21)10-8-15/h2,7-11,13,18-19,25H,1,3-6,12,14H2/t18-,19-/m1/s1. The van der Waals surface area contributed by atoms with Gasteiger partial charge in [0.05, 0.1) is 24.9 Å². The van der Waals surface area contributed by atoms with Crippen molar-refractivity contribution in [3.63, 3.8) is 0 Å². The maximum atomic E-state index is 13.0. The van der Waals surface area contributed by atoms with Crippen LogP contribution in [0.4, 0.5) is 4.39 Å². The van der Waals surface area contributed by atoms with E-state index < -0.39 is 6.10 Å². The van der Waals surface area contributed by atoms with E-state index in [0.717, 1.165) is 36.8 Å². The summed E-state index contributed by atoms with van der Waals surface area (Å²) in [7, 11) is 0. The Labute approximate surface area is 152 Å². The summed E-state index contributed by atoms with van der Waals surface area (Å²) in [5.41, 5.74) is 1.84. The zero-order chi connectivity index (χ0) is 18.5. The lowest BCUT2D eigenvalue weighted by Gasteiger charge is -2.37. The Kier molecular flexibility index (Phi) is 5.83. The van der Waals surface area contributed by atoms with Gasteiger partial charge in [-0.1, -0.05) is 31.6 Å². The molecule has 1 amide bonds. The summed E-state index contributed by atoms with van der Waals surface area (Å²) in [6.07, 6.45) is 7.91. The van der Waals surface area contributed by atoms with Crippen LogP contribution < -0.4 is 0 Å². The van der Waals surface area contributed by atoms with Gasteiger partial charge in [0, 0.05) is 18.3 Å². The lowest BCUT2D eigenvalue weighted by Crippen LogP contribution is -2.47. The first-order valence-electron chi connectivity index (χ1n) is 8.93. The summed E-state index contributed by atoms with van der Waals surface area (Å²) >= 11 is 0. The fraction of sp³-hybridized carbons (Fsp3) is 0.400. The molecule has 0 bridgehead atoms. The molecule has 1 saturated carbocycles. The number of amides is 1. The molecule has 2 aromatic rings. The minimum absolute atomic E-state index is 0.178. The number of halogens is 1. The largest absolute Gasteiger partial charge is 0.391 e. The minimum atomic E-state index is -0.498. The first-order valence-corrected chi connectivity index (χ1v) is 8.93. The Morgan fingerprint density at radius 2 is 2.04 bits per heavy atom. The molecule has 3 rings (SSSR count). The van der Waals surface area contributed by atoms with Crippen LogP contribution in [0.2, 0.25) is 0 Å². The Hall–Kier alpha value is -2.47. The highest BCUT2D eigenvalue weighted by Gasteiger charge is 2.31. The zero-order valence-electron chi connectivity index (χ0n) is 14.7. The number of benzene rings is 1. The molecule has 26 heavy (non-hydrogen) atoms. The second-order valence-electron chi connectivity index (χ2n) is 6.76. The van der Waals surface area contributed by atoms with E-state index >= 15 is 0 Å². The average Bonchev–Trinajstić information content (AvgIpc) is 3.09. The number of aliphatic hydroxyl groups is 1. The second-order valence-corrected chi connectivity index (χ2v) is 6.76. The summed E-state index contributed by atoms with van der Waals surface area (Å²) in [4.78, 5) is 14.0. The predicted molar refractivity (Wildman–Crippen MR) is 96.7 cm³/mol. The monoisotopic (exact) mass is 357 g/mol. The van der Waals surface area contributed by atoms with Crippen LogP contribution in [0.5, 0.6) is 0 Å². The van der Waals surface area contributed by atoms with E-state index in [1.54, 1.807) is 27.9 Å². The highest BCUT2D eigenvalue weighted by molar-refractivity contribution is 5.87. The molecule has 1 N–H and O–H groups in total. The molecule has 1 aromatic carbocycles. The molecule has 0 aliphatic heterocycles. The van der Waals surface area contributed by atoms with Crippen LogP contribution in [0, 0.1) is 5.82 Å². The maximum Gasteiger partial charge on any atom is 0.246 e. The van der Waals surface area contributed by atoms with Crippen molar-refractivity contribution in [2.75, 3.05) is 0 Å². The minimum Gasteiger partial charge on any atom is -0.391 e. The molecule has 0 saturated heterocycles. The van der Waals surface area contributed by atoms with E-state index in [0.29, 0.717) is 13.1 Å². The number of carbonyl (C=O) groups excluding carboxylic acids is 1. The third-order valence-corrected chi connectivity index (χ3v) is 4.85. The molecule has 0 radical (unpaired) electrons. The van der Waals surface area contributed by atoms with Crippen LogP contribution in [-0.2, 0) is 17.9 Å². The van der Waals surface area contributed by atoms with Crippen LogP contribution in [0.3, 0.4) is 0 Å². The molecule has 1 fully saturated rings. The molecule has 5 nitrogen and oxygen atoms in total. The van der Waals surface area contributed by atoms with E-state index in [1.165, 1.54) is 18.2 Å². The van der Waals surface area contributed by atoms with Gasteiger partial charge in [0.1, 0.15) is 5.82 Å². The quantitative estimate of drug-likeness (QED) is 0.809. The van der Waals surface area contributed by atoms with Crippen LogP contribution >= 0.6 is 0 Å². The van der Waals surface area contributed by atoms with Crippen molar-refractivity contribution in [1.82, 2.24) is 14.7 Å². The topological polar surface area (TPSA) is 58.4 Å². The number of nitrogens with zero attached hydrogens (tertiary/aromatic N) is 3. The molecule has 1 aliphatic carbocycles. The van der Waals surface area contributed by atoms with Crippen molar-refractivity contribution in [2.24, 2.45) is 0 Å². The van der Waals surface area contributed by atoms with Gasteiger partial charge in [-0.2, -0.15) is 5.10 Å². The summed E-state index contributed by atoms with van der Waals surface area (Å²) < 4.78 is 14.8. The number of aromatic nitrogens is 2. The molecule has 0 spiro atoms. The van der Waals surface area contributed by atoms with Gasteiger partial charge >= 0.3 is 0 Å². The number of hydrogen-bond acceptors (Lipinski definition) is 3. The van der Waals surface area contributed by atoms with Crippen LogP contribution in [-0.4, -0.2) is 37.8 Å². The third kappa shape index (κ3) is 4.38. The van der Waals surface area contributed by atoms with Gasteiger partial charge in [-0.15, -0.1) is 0 Å². The van der Waals surface area contributed by atoms with Crippen LogP contribution in [0.1, 0.15) is 36.8 Å². The van der Waals surface area contributed by atoms with Crippen molar-refractivity contribution >= 4 is 5.91 Å². The molecule has 1 heterocycles. The smallest absolute Gasteiger partial charge is 0.246 e. The van der Waals surface area contributed by atoms with Crippen molar-refractivity contribution in [2.45, 2.75) is 50.9 Å². The fourth-order valence-corrected chi connectivity index (χ4v) is 3.48. The molecule has 1 aromatic heterocycles. The Balaban J connectivity index is 1.71. The van der Waals surface area contributed by atoms with E-state index in [2.05, 4.69) is 11.7 Å². The lowest BCUT2D eigenvalue weighted by atomic mass is 9.91. The Morgan fingerprint density at radius 3 is 2.73 bits per heavy atom. The molecule has 0 unspecified atom stereocenters. The molecular weight excluding hydrogens is 333 g/mol. The third-order valence-electron chi connectivity index (χ3n) is 4.85. The number of rotatable bonds is 6. The second kappa shape index (κ2) is 8.27. The average molecular weight is 357 g/mol. The van der Waals surface area contributed by atoms with E-state index in [9.17, 15) is 14.3 Å². The Bertz CT molecular complexity index is 757. The molecule has 138 valence electrons. The summed E-state index contributed by atoms with van der Waals surface area (Å²) in [6, 6.07) is 6.11. The highest BCUT2D eigenvalue weighted by Crippen LogP contribution is 2.25. The summed E-state index contributed by atoms with van der Waals surface area (Å²) in [5, 5.41) is 14.6. The molecule has 1 aliphatic rings. The first kappa shape index (κ1) is 18.3. The van der Waals surface area contributed by atoms with Crippen molar-refractivity contribution < 1.29 is 14.3 Å². The number of aliphatic hydroxyl groups excluding tert-OH is 1. The van der Waals surface area contributed by atoms with Crippen LogP contribution in [0.15, 0.2) is 49.3 Å². The normalized spacial score (nSPS) is 19.9. The van der Waals surface area contributed by atoms with E-state index in [4.69, 9.17) is 0 Å². The van der Waals surface area contributed by atoms with Crippen LogP contribution in [0.25, 0.3) is 0 Å². The maximum absolute atomic E-state index is 13.0. The summed E-state index contributed by atoms with van der Waals surface area (Å²) in [5.74, 6) is -0.443. The number of carbonyl (C=O) groups is 1. The van der Waals surface area contributed by atoms with Gasteiger partial charge < -0.3 is 10.0 Å².